The van der Waals surface area contributed by atoms with Gasteiger partial charge in [-0.1, -0.05) is 27.7 Å². The topological polar surface area (TPSA) is 51.5 Å². The number of hydrogen-bond acceptors (Lipinski definition) is 4. The first kappa shape index (κ1) is 13.8. The van der Waals surface area contributed by atoms with E-state index in [0.29, 0.717) is 18.5 Å². The van der Waals surface area contributed by atoms with Crippen molar-refractivity contribution >= 4 is 5.65 Å². The van der Waals surface area contributed by atoms with Crippen LogP contribution in [-0.2, 0) is 6.54 Å². The first-order valence-electron chi connectivity index (χ1n) is 6.67. The monoisotopic (exact) mass is 262 g/mol. The molecule has 2 aromatic heterocycles. The first-order chi connectivity index (χ1) is 9.01. The van der Waals surface area contributed by atoms with Crippen LogP contribution < -0.4 is 10.1 Å². The highest BCUT2D eigenvalue weighted by Crippen LogP contribution is 2.24. The minimum absolute atomic E-state index is 0.416. The standard InChI is InChI=1S/C14H22N4O/c1-9(2)11-6-12(19-5)14-16-13(7-15-10(3)4)17-18(14)8-11/h6,8-10,15H,7H2,1-5H3. The van der Waals surface area contributed by atoms with Gasteiger partial charge >= 0.3 is 0 Å². The van der Waals surface area contributed by atoms with Gasteiger partial charge in [0.15, 0.2) is 17.2 Å². The van der Waals surface area contributed by atoms with Gasteiger partial charge in [0, 0.05) is 12.2 Å². The molecule has 0 saturated carbocycles. The molecular weight excluding hydrogens is 240 g/mol. The molecule has 0 aliphatic heterocycles. The van der Waals surface area contributed by atoms with Gasteiger partial charge in [0.25, 0.3) is 0 Å². The highest BCUT2D eigenvalue weighted by Gasteiger charge is 2.12. The SMILES string of the molecule is COc1cc(C(C)C)cn2nc(CNC(C)C)nc12. The van der Waals surface area contributed by atoms with E-state index in [1.807, 2.05) is 16.8 Å². The van der Waals surface area contributed by atoms with Gasteiger partial charge in [-0.3, -0.25) is 0 Å². The van der Waals surface area contributed by atoms with Crippen LogP contribution in [0.4, 0.5) is 0 Å². The van der Waals surface area contributed by atoms with E-state index in [1.54, 1.807) is 7.11 Å². The van der Waals surface area contributed by atoms with Crippen LogP contribution in [0.2, 0.25) is 0 Å². The van der Waals surface area contributed by atoms with E-state index in [-0.39, 0.29) is 0 Å². The zero-order valence-electron chi connectivity index (χ0n) is 12.3. The Morgan fingerprint density at radius 2 is 2.05 bits per heavy atom. The Morgan fingerprint density at radius 3 is 2.63 bits per heavy atom. The predicted molar refractivity (Wildman–Crippen MR) is 75.6 cm³/mol. The molecule has 2 aromatic rings. The van der Waals surface area contributed by atoms with Gasteiger partial charge < -0.3 is 10.1 Å². The molecule has 19 heavy (non-hydrogen) atoms. The third-order valence-corrected chi connectivity index (χ3v) is 3.02. The van der Waals surface area contributed by atoms with Crippen molar-refractivity contribution in [1.82, 2.24) is 19.9 Å². The van der Waals surface area contributed by atoms with Crippen LogP contribution >= 0.6 is 0 Å². The molecule has 0 saturated heterocycles. The molecule has 0 amide bonds. The number of aromatic nitrogens is 3. The summed E-state index contributed by atoms with van der Waals surface area (Å²) in [7, 11) is 1.67. The average Bonchev–Trinajstić information content (AvgIpc) is 2.77. The van der Waals surface area contributed by atoms with E-state index < -0.39 is 0 Å². The van der Waals surface area contributed by atoms with Crippen LogP contribution in [0.15, 0.2) is 12.3 Å². The van der Waals surface area contributed by atoms with Crippen molar-refractivity contribution in [2.45, 2.75) is 46.2 Å². The highest BCUT2D eigenvalue weighted by atomic mass is 16.5. The van der Waals surface area contributed by atoms with Crippen LogP contribution in [0, 0.1) is 0 Å². The molecule has 2 rings (SSSR count). The van der Waals surface area contributed by atoms with Crippen molar-refractivity contribution in [1.29, 1.82) is 0 Å². The lowest BCUT2D eigenvalue weighted by Gasteiger charge is -2.08. The van der Waals surface area contributed by atoms with Crippen LogP contribution in [-0.4, -0.2) is 27.7 Å². The summed E-state index contributed by atoms with van der Waals surface area (Å²) in [4.78, 5) is 4.52. The fourth-order valence-electron chi connectivity index (χ4n) is 1.86. The summed E-state index contributed by atoms with van der Waals surface area (Å²) in [6.07, 6.45) is 2.02. The average molecular weight is 262 g/mol. The lowest BCUT2D eigenvalue weighted by atomic mass is 10.1. The number of ether oxygens (including phenoxy) is 1. The minimum Gasteiger partial charge on any atom is -0.493 e. The molecule has 0 unspecified atom stereocenters. The Kier molecular flexibility index (Phi) is 4.04. The van der Waals surface area contributed by atoms with Crippen LogP contribution in [0.25, 0.3) is 5.65 Å². The molecule has 104 valence electrons. The molecule has 0 atom stereocenters. The normalized spacial score (nSPS) is 11.7. The third-order valence-electron chi connectivity index (χ3n) is 3.02. The molecular formula is C14H22N4O. The molecule has 0 bridgehead atoms. The molecule has 0 spiro atoms. The number of nitrogens with one attached hydrogen (secondary N) is 1. The fourth-order valence-corrected chi connectivity index (χ4v) is 1.86. The predicted octanol–water partition coefficient (Wildman–Crippen LogP) is 2.36. The van der Waals surface area contributed by atoms with Gasteiger partial charge in [0.05, 0.1) is 13.7 Å². The van der Waals surface area contributed by atoms with E-state index in [2.05, 4.69) is 43.1 Å². The Morgan fingerprint density at radius 1 is 1.32 bits per heavy atom. The molecule has 5 nitrogen and oxygen atoms in total. The van der Waals surface area contributed by atoms with Gasteiger partial charge in [0.2, 0.25) is 0 Å². The molecule has 0 aliphatic rings. The first-order valence-corrected chi connectivity index (χ1v) is 6.67. The van der Waals surface area contributed by atoms with Crippen LogP contribution in [0.5, 0.6) is 5.75 Å². The zero-order valence-corrected chi connectivity index (χ0v) is 12.3. The lowest BCUT2D eigenvalue weighted by molar-refractivity contribution is 0.415. The quantitative estimate of drug-likeness (QED) is 0.898. The summed E-state index contributed by atoms with van der Waals surface area (Å²) in [5, 5.41) is 7.82. The number of rotatable bonds is 5. The summed E-state index contributed by atoms with van der Waals surface area (Å²) in [5.74, 6) is 1.99. The van der Waals surface area contributed by atoms with Gasteiger partial charge in [-0.05, 0) is 17.5 Å². The van der Waals surface area contributed by atoms with Crippen LogP contribution in [0.3, 0.4) is 0 Å². The summed E-state index contributed by atoms with van der Waals surface area (Å²) in [5.41, 5.74) is 1.96. The zero-order chi connectivity index (χ0) is 14.0. The van der Waals surface area contributed by atoms with Gasteiger partial charge in [-0.25, -0.2) is 9.50 Å². The molecule has 2 heterocycles. The van der Waals surface area contributed by atoms with E-state index in [1.165, 1.54) is 5.56 Å². The number of hydrogen-bond donors (Lipinski definition) is 1. The van der Waals surface area contributed by atoms with Crippen molar-refractivity contribution in [2.75, 3.05) is 7.11 Å². The Hall–Kier alpha value is -1.62. The number of fused-ring (bicyclic) bond motifs is 1. The fraction of sp³-hybridized carbons (Fsp3) is 0.571. The van der Waals surface area contributed by atoms with E-state index in [0.717, 1.165) is 17.2 Å². The highest BCUT2D eigenvalue weighted by molar-refractivity contribution is 5.54. The summed E-state index contributed by atoms with van der Waals surface area (Å²) in [6.45, 7) is 9.18. The maximum Gasteiger partial charge on any atom is 0.198 e. The Bertz CT molecular complexity index is 560. The van der Waals surface area contributed by atoms with Crippen LogP contribution in [0.1, 0.15) is 45.0 Å². The number of methoxy groups -OCH3 is 1. The Labute approximate surface area is 114 Å². The molecule has 0 radical (unpaired) electrons. The molecule has 5 heteroatoms. The summed E-state index contributed by atoms with van der Waals surface area (Å²) < 4.78 is 7.22. The number of pyridine rings is 1. The van der Waals surface area contributed by atoms with E-state index in [9.17, 15) is 0 Å². The summed E-state index contributed by atoms with van der Waals surface area (Å²) in [6, 6.07) is 2.45. The van der Waals surface area contributed by atoms with Gasteiger partial charge in [-0.15, -0.1) is 5.10 Å². The number of nitrogens with zero attached hydrogens (tertiary/aromatic N) is 3. The molecule has 1 N–H and O–H groups in total. The van der Waals surface area contributed by atoms with Crippen molar-refractivity contribution < 1.29 is 4.74 Å². The second kappa shape index (κ2) is 5.57. The van der Waals surface area contributed by atoms with Gasteiger partial charge in [0.1, 0.15) is 0 Å². The largest absolute Gasteiger partial charge is 0.493 e. The maximum atomic E-state index is 5.41. The molecule has 0 aromatic carbocycles. The van der Waals surface area contributed by atoms with Crippen molar-refractivity contribution in [3.8, 4) is 5.75 Å². The second-order valence-electron chi connectivity index (χ2n) is 5.33. The van der Waals surface area contributed by atoms with Crippen molar-refractivity contribution in [3.05, 3.63) is 23.7 Å². The van der Waals surface area contributed by atoms with E-state index >= 15 is 0 Å². The molecule has 0 aliphatic carbocycles. The summed E-state index contributed by atoms with van der Waals surface area (Å²) >= 11 is 0. The smallest absolute Gasteiger partial charge is 0.198 e. The second-order valence-corrected chi connectivity index (χ2v) is 5.33. The minimum atomic E-state index is 0.416. The van der Waals surface area contributed by atoms with E-state index in [4.69, 9.17) is 4.74 Å². The van der Waals surface area contributed by atoms with Gasteiger partial charge in [-0.2, -0.15) is 0 Å². The molecule has 0 fully saturated rings. The van der Waals surface area contributed by atoms with Crippen molar-refractivity contribution in [3.63, 3.8) is 0 Å². The van der Waals surface area contributed by atoms with Crippen molar-refractivity contribution in [2.24, 2.45) is 0 Å². The Balaban J connectivity index is 2.40. The lowest BCUT2D eigenvalue weighted by Crippen LogP contribution is -2.22. The third kappa shape index (κ3) is 3.04. The maximum absolute atomic E-state index is 5.41.